The van der Waals surface area contributed by atoms with Gasteiger partial charge in [-0.15, -0.1) is 0 Å². The first-order chi connectivity index (χ1) is 17.5. The van der Waals surface area contributed by atoms with Gasteiger partial charge in [0.25, 0.3) is 0 Å². The number of hydrogen-bond donors (Lipinski definition) is 1. The molecule has 10 nitrogen and oxygen atoms in total. The number of carbonyl (C=O) groups is 1. The number of carbonyl (C=O) groups excluding carboxylic acids is 1. The minimum absolute atomic E-state index is 0.194. The zero-order valence-corrected chi connectivity index (χ0v) is 21.9. The molecular formula is C25H32N6O4S. The third-order valence-electron chi connectivity index (χ3n) is 5.56. The first kappa shape index (κ1) is 25.8. The maximum Gasteiger partial charge on any atom is 0.244 e. The van der Waals surface area contributed by atoms with Gasteiger partial charge in [0.2, 0.25) is 5.91 Å². The highest BCUT2D eigenvalue weighted by Gasteiger charge is 2.20. The Kier molecular flexibility index (Phi) is 8.65. The van der Waals surface area contributed by atoms with Gasteiger partial charge in [-0.3, -0.25) is 4.79 Å². The van der Waals surface area contributed by atoms with E-state index in [1.807, 2.05) is 23.0 Å². The van der Waals surface area contributed by atoms with Crippen molar-refractivity contribution >= 4 is 40.6 Å². The molecule has 3 heterocycles. The van der Waals surface area contributed by atoms with Gasteiger partial charge in [0.15, 0.2) is 22.3 Å². The minimum Gasteiger partial charge on any atom is -0.493 e. The highest BCUT2D eigenvalue weighted by atomic mass is 32.2. The van der Waals surface area contributed by atoms with E-state index in [2.05, 4.69) is 29.2 Å². The third kappa shape index (κ3) is 6.27. The number of hydrogen-bond acceptors (Lipinski definition) is 9. The Hall–Kier alpha value is -3.31. The van der Waals surface area contributed by atoms with Crippen LogP contribution in [0.25, 0.3) is 17.1 Å². The molecule has 1 aliphatic rings. The van der Waals surface area contributed by atoms with E-state index < -0.39 is 0 Å². The molecule has 192 valence electrons. The van der Waals surface area contributed by atoms with Crippen LogP contribution >= 0.6 is 11.8 Å². The summed E-state index contributed by atoms with van der Waals surface area (Å²) in [4.78, 5) is 24.2. The zero-order chi connectivity index (χ0) is 25.5. The summed E-state index contributed by atoms with van der Waals surface area (Å²) in [6, 6.07) is 5.48. The van der Waals surface area contributed by atoms with Crippen LogP contribution in [0, 0.1) is 0 Å². The Morgan fingerprint density at radius 2 is 1.97 bits per heavy atom. The van der Waals surface area contributed by atoms with Crippen LogP contribution in [0.4, 0.5) is 5.82 Å². The van der Waals surface area contributed by atoms with E-state index in [9.17, 15) is 4.79 Å². The van der Waals surface area contributed by atoms with E-state index in [1.165, 1.54) is 6.08 Å². The van der Waals surface area contributed by atoms with Gasteiger partial charge >= 0.3 is 0 Å². The van der Waals surface area contributed by atoms with Gasteiger partial charge in [0.05, 0.1) is 45.6 Å². The van der Waals surface area contributed by atoms with Crippen molar-refractivity contribution in [1.82, 2.24) is 25.1 Å². The van der Waals surface area contributed by atoms with Crippen molar-refractivity contribution in [2.24, 2.45) is 0 Å². The minimum atomic E-state index is -0.194. The Morgan fingerprint density at radius 3 is 2.69 bits per heavy atom. The number of ether oxygens (including phenoxy) is 3. The van der Waals surface area contributed by atoms with Crippen LogP contribution in [0.3, 0.4) is 0 Å². The molecular weight excluding hydrogens is 480 g/mol. The predicted molar refractivity (Wildman–Crippen MR) is 141 cm³/mol. The van der Waals surface area contributed by atoms with E-state index in [0.717, 1.165) is 40.7 Å². The summed E-state index contributed by atoms with van der Waals surface area (Å²) in [5, 5.41) is 9.45. The molecule has 2 aromatic heterocycles. The molecule has 36 heavy (non-hydrogen) atoms. The topological polar surface area (TPSA) is 104 Å². The second kappa shape index (κ2) is 12.1. The Morgan fingerprint density at radius 1 is 1.19 bits per heavy atom. The van der Waals surface area contributed by atoms with Crippen LogP contribution in [-0.4, -0.2) is 78.0 Å². The normalized spacial score (nSPS) is 14.1. The number of benzene rings is 1. The lowest BCUT2D eigenvalue weighted by Crippen LogP contribution is -2.37. The average Bonchev–Trinajstić information content (AvgIpc) is 3.29. The number of fused-ring (bicyclic) bond motifs is 1. The Balaban J connectivity index is 1.43. The van der Waals surface area contributed by atoms with Gasteiger partial charge < -0.3 is 24.4 Å². The monoisotopic (exact) mass is 512 g/mol. The highest BCUT2D eigenvalue weighted by molar-refractivity contribution is 7.99. The standard InChI is InChI=1S/C25H32N6O4S/c1-17(2)36-25-28-23(30-11-13-35-14-12-30)19-16-27-31(24(19)29-25)10-9-26-22(32)8-6-18-5-7-20(33-3)21(15-18)34-4/h5-8,15-17H,9-14H2,1-4H3,(H,26,32)/b8-6-. The van der Waals surface area contributed by atoms with Crippen molar-refractivity contribution in [3.05, 3.63) is 36.0 Å². The summed E-state index contributed by atoms with van der Waals surface area (Å²) in [5.74, 6) is 1.95. The van der Waals surface area contributed by atoms with Crippen LogP contribution in [-0.2, 0) is 16.1 Å². The molecule has 0 atom stereocenters. The van der Waals surface area contributed by atoms with Crippen LogP contribution in [0.15, 0.2) is 35.6 Å². The number of thioether (sulfide) groups is 1. The number of amides is 1. The van der Waals surface area contributed by atoms with Crippen molar-refractivity contribution < 1.29 is 19.0 Å². The molecule has 0 bridgehead atoms. The fourth-order valence-corrected chi connectivity index (χ4v) is 4.54. The molecule has 1 fully saturated rings. The van der Waals surface area contributed by atoms with Gasteiger partial charge in [-0.1, -0.05) is 31.7 Å². The molecule has 4 rings (SSSR count). The van der Waals surface area contributed by atoms with Gasteiger partial charge in [-0.2, -0.15) is 5.10 Å². The maximum atomic E-state index is 12.4. The number of methoxy groups -OCH3 is 2. The lowest BCUT2D eigenvalue weighted by Gasteiger charge is -2.28. The molecule has 1 aromatic carbocycles. The smallest absolute Gasteiger partial charge is 0.244 e. The SMILES string of the molecule is COc1ccc(/C=C\C(=O)NCCn2ncc3c(N4CCOCC4)nc(SC(C)C)nc32)cc1OC. The van der Waals surface area contributed by atoms with Gasteiger partial charge in [0, 0.05) is 31.0 Å². The van der Waals surface area contributed by atoms with E-state index in [0.29, 0.717) is 43.1 Å². The maximum absolute atomic E-state index is 12.4. The lowest BCUT2D eigenvalue weighted by atomic mass is 10.2. The second-order valence-electron chi connectivity index (χ2n) is 8.44. The summed E-state index contributed by atoms with van der Waals surface area (Å²) in [5.41, 5.74) is 1.60. The lowest BCUT2D eigenvalue weighted by molar-refractivity contribution is -0.116. The molecule has 0 radical (unpaired) electrons. The van der Waals surface area contributed by atoms with Crippen molar-refractivity contribution in [3.8, 4) is 11.5 Å². The van der Waals surface area contributed by atoms with E-state index >= 15 is 0 Å². The summed E-state index contributed by atoms with van der Waals surface area (Å²) in [6.07, 6.45) is 5.04. The first-order valence-corrected chi connectivity index (χ1v) is 12.8. The highest BCUT2D eigenvalue weighted by Crippen LogP contribution is 2.30. The van der Waals surface area contributed by atoms with Crippen molar-refractivity contribution in [2.45, 2.75) is 30.8 Å². The average molecular weight is 513 g/mol. The van der Waals surface area contributed by atoms with Gasteiger partial charge in [-0.25, -0.2) is 14.6 Å². The summed E-state index contributed by atoms with van der Waals surface area (Å²) in [7, 11) is 3.17. The predicted octanol–water partition coefficient (Wildman–Crippen LogP) is 3.01. The summed E-state index contributed by atoms with van der Waals surface area (Å²) >= 11 is 1.62. The first-order valence-electron chi connectivity index (χ1n) is 11.9. The molecule has 1 N–H and O–H groups in total. The molecule has 1 saturated heterocycles. The zero-order valence-electron chi connectivity index (χ0n) is 21.1. The van der Waals surface area contributed by atoms with Gasteiger partial charge in [0.1, 0.15) is 5.82 Å². The molecule has 1 aliphatic heterocycles. The number of morpholine rings is 1. The molecule has 0 saturated carbocycles. The molecule has 0 spiro atoms. The van der Waals surface area contributed by atoms with E-state index in [1.54, 1.807) is 38.1 Å². The van der Waals surface area contributed by atoms with Crippen LogP contribution in [0.2, 0.25) is 0 Å². The number of nitrogens with one attached hydrogen (secondary N) is 1. The van der Waals surface area contributed by atoms with E-state index in [-0.39, 0.29) is 5.91 Å². The van der Waals surface area contributed by atoms with E-state index in [4.69, 9.17) is 24.2 Å². The fraction of sp³-hybridized carbons (Fsp3) is 0.440. The Bertz CT molecular complexity index is 1220. The number of anilines is 1. The van der Waals surface area contributed by atoms with Crippen molar-refractivity contribution in [3.63, 3.8) is 0 Å². The quantitative estimate of drug-likeness (QED) is 0.249. The summed E-state index contributed by atoms with van der Waals surface area (Å²) in [6.45, 7) is 8.06. The largest absolute Gasteiger partial charge is 0.493 e. The molecule has 0 aliphatic carbocycles. The van der Waals surface area contributed by atoms with Crippen LogP contribution in [0.5, 0.6) is 11.5 Å². The van der Waals surface area contributed by atoms with Crippen LogP contribution in [0.1, 0.15) is 19.4 Å². The van der Waals surface area contributed by atoms with Crippen molar-refractivity contribution in [1.29, 1.82) is 0 Å². The molecule has 11 heteroatoms. The molecule has 0 unspecified atom stereocenters. The summed E-state index contributed by atoms with van der Waals surface area (Å²) < 4.78 is 17.9. The third-order valence-corrected chi connectivity index (χ3v) is 6.43. The van der Waals surface area contributed by atoms with Crippen molar-refractivity contribution in [2.75, 3.05) is 52.0 Å². The number of rotatable bonds is 10. The van der Waals surface area contributed by atoms with Gasteiger partial charge in [-0.05, 0) is 23.8 Å². The molecule has 3 aromatic rings. The molecule has 1 amide bonds. The van der Waals surface area contributed by atoms with Crippen LogP contribution < -0.4 is 19.7 Å². The number of aromatic nitrogens is 4. The fourth-order valence-electron chi connectivity index (χ4n) is 3.84. The Labute approximate surface area is 215 Å². The number of nitrogens with zero attached hydrogens (tertiary/aromatic N) is 5. The second-order valence-corrected chi connectivity index (χ2v) is 9.98.